The lowest BCUT2D eigenvalue weighted by Gasteiger charge is -2.12. The van der Waals surface area contributed by atoms with Crippen molar-refractivity contribution in [2.24, 2.45) is 0 Å². The van der Waals surface area contributed by atoms with Crippen LogP contribution in [0.15, 0.2) is 47.7 Å². The second-order valence-electron chi connectivity index (χ2n) is 4.57. The summed E-state index contributed by atoms with van der Waals surface area (Å²) in [5, 5.41) is 10.1. The molecule has 0 radical (unpaired) electrons. The van der Waals surface area contributed by atoms with Crippen LogP contribution in [0.1, 0.15) is 23.2 Å². The number of carbonyl (C=O) groups is 1. The standard InChI is InChI=1S/C16H18O4/c1-19-12-6-8-14(15(17)9-7-12)16(18)11-4-3-5-13(10-11)20-2/h3-6,8,10,15,17H,7,9H2,1-2H3. The van der Waals surface area contributed by atoms with Crippen molar-refractivity contribution >= 4 is 5.78 Å². The molecule has 0 aromatic heterocycles. The van der Waals surface area contributed by atoms with Gasteiger partial charge < -0.3 is 14.6 Å². The van der Waals surface area contributed by atoms with Gasteiger partial charge in [-0.25, -0.2) is 0 Å². The van der Waals surface area contributed by atoms with Crippen LogP contribution >= 0.6 is 0 Å². The largest absolute Gasteiger partial charge is 0.501 e. The monoisotopic (exact) mass is 274 g/mol. The molecule has 0 saturated heterocycles. The number of hydrogen-bond donors (Lipinski definition) is 1. The third-order valence-electron chi connectivity index (χ3n) is 3.33. The quantitative estimate of drug-likeness (QED) is 0.857. The van der Waals surface area contributed by atoms with Crippen molar-refractivity contribution in [1.82, 2.24) is 0 Å². The highest BCUT2D eigenvalue weighted by molar-refractivity contribution is 6.09. The van der Waals surface area contributed by atoms with Crippen molar-refractivity contribution in [3.63, 3.8) is 0 Å². The van der Waals surface area contributed by atoms with Crippen LogP contribution in [0.25, 0.3) is 0 Å². The number of benzene rings is 1. The van der Waals surface area contributed by atoms with E-state index in [4.69, 9.17) is 9.47 Å². The minimum Gasteiger partial charge on any atom is -0.501 e. The van der Waals surface area contributed by atoms with Gasteiger partial charge in [-0.15, -0.1) is 0 Å². The van der Waals surface area contributed by atoms with Crippen LogP contribution in [-0.4, -0.2) is 31.2 Å². The Labute approximate surface area is 118 Å². The summed E-state index contributed by atoms with van der Waals surface area (Å²) in [4.78, 5) is 12.5. The third-order valence-corrected chi connectivity index (χ3v) is 3.33. The molecule has 0 spiro atoms. The lowest BCUT2D eigenvalue weighted by molar-refractivity contribution is 0.0981. The second-order valence-corrected chi connectivity index (χ2v) is 4.57. The Kier molecular flexibility index (Phi) is 4.58. The molecule has 1 aliphatic carbocycles. The molecule has 1 N–H and O–H groups in total. The molecule has 20 heavy (non-hydrogen) atoms. The number of aliphatic hydroxyl groups is 1. The van der Waals surface area contributed by atoms with Crippen molar-refractivity contribution in [3.05, 3.63) is 53.3 Å². The van der Waals surface area contributed by atoms with E-state index >= 15 is 0 Å². The number of ketones is 1. The molecule has 1 aromatic rings. The highest BCUT2D eigenvalue weighted by Crippen LogP contribution is 2.23. The van der Waals surface area contributed by atoms with Gasteiger partial charge in [-0.3, -0.25) is 4.79 Å². The Morgan fingerprint density at radius 1 is 1.25 bits per heavy atom. The Morgan fingerprint density at radius 2 is 2.05 bits per heavy atom. The average Bonchev–Trinajstić information content (AvgIpc) is 2.68. The number of aliphatic hydroxyl groups excluding tert-OH is 1. The lowest BCUT2D eigenvalue weighted by Crippen LogP contribution is -2.17. The number of rotatable bonds is 4. The summed E-state index contributed by atoms with van der Waals surface area (Å²) in [6.45, 7) is 0. The minimum atomic E-state index is -0.780. The van der Waals surface area contributed by atoms with E-state index in [1.165, 1.54) is 0 Å². The molecule has 1 aliphatic rings. The predicted octanol–water partition coefficient (Wildman–Crippen LogP) is 2.49. The Bertz CT molecular complexity index is 557. The van der Waals surface area contributed by atoms with Gasteiger partial charge in [-0.05, 0) is 30.7 Å². The fraction of sp³-hybridized carbons (Fsp3) is 0.312. The summed E-state index contributed by atoms with van der Waals surface area (Å²) in [5.41, 5.74) is 0.884. The SMILES string of the molecule is COC1=CC=C(C(=O)c2cccc(OC)c2)C(O)CC1. The van der Waals surface area contributed by atoms with Crippen LogP contribution in [0.3, 0.4) is 0 Å². The van der Waals surface area contributed by atoms with Crippen molar-refractivity contribution in [2.75, 3.05) is 14.2 Å². The summed E-state index contributed by atoms with van der Waals surface area (Å²) in [5.74, 6) is 1.19. The predicted molar refractivity (Wildman–Crippen MR) is 75.7 cm³/mol. The molecule has 2 rings (SSSR count). The fourth-order valence-corrected chi connectivity index (χ4v) is 2.14. The van der Waals surface area contributed by atoms with E-state index in [9.17, 15) is 9.90 Å². The fourth-order valence-electron chi connectivity index (χ4n) is 2.14. The van der Waals surface area contributed by atoms with Gasteiger partial charge in [0.15, 0.2) is 5.78 Å². The molecule has 4 nitrogen and oxygen atoms in total. The Morgan fingerprint density at radius 3 is 2.75 bits per heavy atom. The first kappa shape index (κ1) is 14.3. The second kappa shape index (κ2) is 6.39. The van der Waals surface area contributed by atoms with Crippen LogP contribution in [0, 0.1) is 0 Å². The molecule has 4 heteroatoms. The first-order chi connectivity index (χ1) is 9.65. The zero-order valence-corrected chi connectivity index (χ0v) is 11.6. The van der Waals surface area contributed by atoms with E-state index in [0.717, 1.165) is 5.76 Å². The van der Waals surface area contributed by atoms with Gasteiger partial charge in [0.2, 0.25) is 0 Å². The van der Waals surface area contributed by atoms with Crippen molar-refractivity contribution in [1.29, 1.82) is 0 Å². The van der Waals surface area contributed by atoms with Crippen LogP contribution in [-0.2, 0) is 4.74 Å². The topological polar surface area (TPSA) is 55.8 Å². The average molecular weight is 274 g/mol. The summed E-state index contributed by atoms with van der Waals surface area (Å²) in [7, 11) is 3.14. The smallest absolute Gasteiger partial charge is 0.191 e. The molecule has 1 atom stereocenters. The van der Waals surface area contributed by atoms with Gasteiger partial charge in [-0.1, -0.05) is 12.1 Å². The first-order valence-corrected chi connectivity index (χ1v) is 6.47. The molecular formula is C16H18O4. The minimum absolute atomic E-state index is 0.190. The molecular weight excluding hydrogens is 256 g/mol. The van der Waals surface area contributed by atoms with E-state index in [2.05, 4.69) is 0 Å². The first-order valence-electron chi connectivity index (χ1n) is 6.47. The van der Waals surface area contributed by atoms with Crippen LogP contribution in [0.4, 0.5) is 0 Å². The highest BCUT2D eigenvalue weighted by Gasteiger charge is 2.22. The zero-order valence-electron chi connectivity index (χ0n) is 11.6. The van der Waals surface area contributed by atoms with Crippen molar-refractivity contribution in [2.45, 2.75) is 18.9 Å². The summed E-state index contributed by atoms with van der Waals surface area (Å²) in [6, 6.07) is 6.91. The van der Waals surface area contributed by atoms with Gasteiger partial charge in [-0.2, -0.15) is 0 Å². The van der Waals surface area contributed by atoms with E-state index < -0.39 is 6.10 Å². The zero-order chi connectivity index (χ0) is 14.5. The molecule has 1 aromatic carbocycles. The van der Waals surface area contributed by atoms with Gasteiger partial charge in [0, 0.05) is 17.6 Å². The molecule has 106 valence electrons. The number of ether oxygens (including phenoxy) is 2. The Balaban J connectivity index is 2.30. The number of allylic oxidation sites excluding steroid dienone is 3. The molecule has 0 saturated carbocycles. The van der Waals surface area contributed by atoms with Gasteiger partial charge in [0.1, 0.15) is 5.75 Å². The van der Waals surface area contributed by atoms with Crippen molar-refractivity contribution < 1.29 is 19.4 Å². The van der Waals surface area contributed by atoms with E-state index in [-0.39, 0.29) is 5.78 Å². The number of hydrogen-bond acceptors (Lipinski definition) is 4. The molecule has 0 heterocycles. The third kappa shape index (κ3) is 3.08. The van der Waals surface area contributed by atoms with Crippen LogP contribution < -0.4 is 4.74 Å². The number of Topliss-reactive ketones (excluding diaryl/α,β-unsaturated/α-hetero) is 1. The van der Waals surface area contributed by atoms with Gasteiger partial charge in [0.05, 0.1) is 26.1 Å². The Hall–Kier alpha value is -2.07. The summed E-state index contributed by atoms with van der Waals surface area (Å²) < 4.78 is 10.3. The summed E-state index contributed by atoms with van der Waals surface area (Å²) >= 11 is 0. The van der Waals surface area contributed by atoms with Crippen LogP contribution in [0.2, 0.25) is 0 Å². The maximum atomic E-state index is 12.5. The molecule has 1 unspecified atom stereocenters. The molecule has 0 amide bonds. The molecule has 0 bridgehead atoms. The number of carbonyl (C=O) groups excluding carboxylic acids is 1. The van der Waals surface area contributed by atoms with Crippen molar-refractivity contribution in [3.8, 4) is 5.75 Å². The van der Waals surface area contributed by atoms with Crippen LogP contribution in [0.5, 0.6) is 5.75 Å². The normalized spacial score (nSPS) is 18.6. The van der Waals surface area contributed by atoms with Gasteiger partial charge in [0.25, 0.3) is 0 Å². The van der Waals surface area contributed by atoms with Gasteiger partial charge >= 0.3 is 0 Å². The van der Waals surface area contributed by atoms with E-state index in [1.807, 2.05) is 0 Å². The lowest BCUT2D eigenvalue weighted by atomic mass is 9.97. The number of methoxy groups -OCH3 is 2. The highest BCUT2D eigenvalue weighted by atomic mass is 16.5. The molecule has 0 fully saturated rings. The maximum absolute atomic E-state index is 12.5. The maximum Gasteiger partial charge on any atom is 0.191 e. The van der Waals surface area contributed by atoms with E-state index in [1.54, 1.807) is 50.6 Å². The molecule has 0 aliphatic heterocycles. The summed E-state index contributed by atoms with van der Waals surface area (Å²) in [6.07, 6.45) is 3.68. The van der Waals surface area contributed by atoms with E-state index in [0.29, 0.717) is 29.7 Å².